The van der Waals surface area contributed by atoms with E-state index in [0.29, 0.717) is 46.2 Å². The molecule has 0 bridgehead atoms. The molecule has 0 radical (unpaired) electrons. The number of nitrogens with zero attached hydrogens (tertiary/aromatic N) is 3. The molecule has 9 nitrogen and oxygen atoms in total. The van der Waals surface area contributed by atoms with Gasteiger partial charge in [-0.1, -0.05) is 41.8 Å². The number of amides is 1. The molecule has 0 saturated heterocycles. The Kier molecular flexibility index (Phi) is 9.74. The number of aryl methyl sites for hydroxylation is 1. The smallest absolute Gasteiger partial charge is 0.550 e. The maximum absolute atomic E-state index is 12.9. The third-order valence-electron chi connectivity index (χ3n) is 5.91. The number of halogens is 1. The molecule has 1 N–H and O–H groups in total. The average Bonchev–Trinajstić information content (AvgIpc) is 3.36. The number of carboxylic acid groups (broad SMARTS) is 1. The van der Waals surface area contributed by atoms with Gasteiger partial charge in [-0.25, -0.2) is 0 Å². The summed E-state index contributed by atoms with van der Waals surface area (Å²) in [6.45, 7) is 6.02. The van der Waals surface area contributed by atoms with E-state index in [4.69, 9.17) is 20.6 Å². The van der Waals surface area contributed by atoms with E-state index in [0.717, 1.165) is 24.0 Å². The third kappa shape index (κ3) is 7.18. The van der Waals surface area contributed by atoms with Crippen molar-refractivity contribution in [2.45, 2.75) is 71.1 Å². The normalized spacial score (nSPS) is 13.9. The quantitative estimate of drug-likeness (QED) is 0.373. The van der Waals surface area contributed by atoms with E-state index in [2.05, 4.69) is 34.5 Å². The monoisotopic (exact) mass is 522 g/mol. The topological polar surface area (TPSA) is 134 Å². The second kappa shape index (κ2) is 12.4. The Hall–Kier alpha value is -2.20. The summed E-state index contributed by atoms with van der Waals surface area (Å²) < 4.78 is 11.0. The molecule has 0 spiro atoms. The number of nitrogens with one attached hydrogen (secondary N) is 1. The van der Waals surface area contributed by atoms with Crippen LogP contribution < -0.4 is 40.0 Å². The van der Waals surface area contributed by atoms with Crippen molar-refractivity contribution in [3.63, 3.8) is 0 Å². The van der Waals surface area contributed by atoms with Crippen molar-refractivity contribution in [3.05, 3.63) is 45.9 Å². The molecule has 36 heavy (non-hydrogen) atoms. The third-order valence-corrected chi connectivity index (χ3v) is 6.22. The number of aromatic nitrogens is 3. The van der Waals surface area contributed by atoms with Crippen LogP contribution in [-0.2, 0) is 16.0 Å². The zero-order valence-corrected chi connectivity index (χ0v) is 23.7. The van der Waals surface area contributed by atoms with E-state index in [1.165, 1.54) is 0 Å². The number of carbonyl (C=O) groups excluding carboxylic acids is 2. The molecule has 1 aliphatic rings. The first-order chi connectivity index (χ1) is 16.7. The Morgan fingerprint density at radius 3 is 2.61 bits per heavy atom. The van der Waals surface area contributed by atoms with Crippen LogP contribution in [0.25, 0.3) is 11.6 Å². The molecule has 3 aromatic rings. The Morgan fingerprint density at radius 1 is 1.22 bits per heavy atom. The van der Waals surface area contributed by atoms with E-state index in [1.807, 2.05) is 13.0 Å². The van der Waals surface area contributed by atoms with Gasteiger partial charge in [0.05, 0.1) is 16.4 Å². The van der Waals surface area contributed by atoms with Crippen molar-refractivity contribution in [2.24, 2.45) is 5.92 Å². The number of carboxylic acids is 1. The number of anilines is 1. The largest absolute Gasteiger partial charge is 1.00 e. The van der Waals surface area contributed by atoms with Gasteiger partial charge in [0, 0.05) is 30.3 Å². The van der Waals surface area contributed by atoms with Crippen molar-refractivity contribution in [3.8, 4) is 11.6 Å². The van der Waals surface area contributed by atoms with Crippen LogP contribution >= 0.6 is 11.6 Å². The molecule has 1 aliphatic carbocycles. The number of carbonyl (C=O) groups is 2. The van der Waals surface area contributed by atoms with E-state index < -0.39 is 11.9 Å². The fourth-order valence-electron chi connectivity index (χ4n) is 4.09. The van der Waals surface area contributed by atoms with Crippen molar-refractivity contribution in [2.75, 3.05) is 5.32 Å². The first kappa shape index (κ1) is 28.4. The van der Waals surface area contributed by atoms with Crippen molar-refractivity contribution in [1.82, 2.24) is 15.3 Å². The zero-order valence-electron chi connectivity index (χ0n) is 21.0. The van der Waals surface area contributed by atoms with Gasteiger partial charge in [-0.2, -0.15) is 4.98 Å². The maximum atomic E-state index is 12.9. The predicted molar refractivity (Wildman–Crippen MR) is 127 cm³/mol. The number of rotatable bonds is 11. The molecule has 2 aromatic heterocycles. The van der Waals surface area contributed by atoms with E-state index in [9.17, 15) is 14.7 Å². The maximum Gasteiger partial charge on any atom is 1.00 e. The summed E-state index contributed by atoms with van der Waals surface area (Å²) in [5, 5.41) is 22.8. The summed E-state index contributed by atoms with van der Waals surface area (Å²) >= 11 is 6.26. The first-order valence-corrected chi connectivity index (χ1v) is 12.2. The van der Waals surface area contributed by atoms with Crippen LogP contribution in [0.3, 0.4) is 0 Å². The van der Waals surface area contributed by atoms with Crippen LogP contribution in [-0.4, -0.2) is 27.2 Å². The van der Waals surface area contributed by atoms with Crippen LogP contribution in [0.1, 0.15) is 80.5 Å². The summed E-state index contributed by atoms with van der Waals surface area (Å²) in [6, 6.07) is 5.35. The minimum atomic E-state index is -1.19. The zero-order chi connectivity index (χ0) is 25.1. The Morgan fingerprint density at radius 2 is 1.97 bits per heavy atom. The first-order valence-electron chi connectivity index (χ1n) is 11.8. The van der Waals surface area contributed by atoms with Gasteiger partial charge >= 0.3 is 29.6 Å². The molecule has 11 heteroatoms. The Bertz CT molecular complexity index is 1220. The Labute approximate surface area is 236 Å². The van der Waals surface area contributed by atoms with Crippen LogP contribution in [0, 0.1) is 12.8 Å². The molecule has 1 atom stereocenters. The average molecular weight is 523 g/mol. The molecule has 0 aliphatic heterocycles. The summed E-state index contributed by atoms with van der Waals surface area (Å²) in [4.78, 5) is 28.6. The molecule has 1 amide bonds. The van der Waals surface area contributed by atoms with Crippen LogP contribution in [0.15, 0.2) is 27.2 Å². The Balaban J connectivity index is 0.00000361. The molecule has 1 aromatic carbocycles. The number of hydrogen-bond acceptors (Lipinski definition) is 8. The number of aliphatic carboxylic acids is 1. The molecule has 0 unspecified atom stereocenters. The van der Waals surface area contributed by atoms with Gasteiger partial charge in [0.25, 0.3) is 0 Å². The fourth-order valence-corrected chi connectivity index (χ4v) is 4.37. The van der Waals surface area contributed by atoms with Gasteiger partial charge < -0.3 is 24.3 Å². The van der Waals surface area contributed by atoms with Gasteiger partial charge in [-0.05, 0) is 62.1 Å². The van der Waals surface area contributed by atoms with Crippen molar-refractivity contribution < 1.29 is 53.3 Å². The van der Waals surface area contributed by atoms with Crippen LogP contribution in [0.5, 0.6) is 0 Å². The molecule has 186 valence electrons. The second-order valence-corrected chi connectivity index (χ2v) is 9.94. The summed E-state index contributed by atoms with van der Waals surface area (Å²) in [5.74, 6) is -0.193. The number of hydrogen-bond donors (Lipinski definition) is 1. The molecule has 1 fully saturated rings. The van der Waals surface area contributed by atoms with E-state index in [-0.39, 0.29) is 60.6 Å². The second-order valence-electron chi connectivity index (χ2n) is 9.54. The van der Waals surface area contributed by atoms with Crippen molar-refractivity contribution in [1.29, 1.82) is 0 Å². The summed E-state index contributed by atoms with van der Waals surface area (Å²) in [6.07, 6.45) is 2.49. The van der Waals surface area contributed by atoms with E-state index >= 15 is 0 Å². The molecule has 2 heterocycles. The number of benzene rings is 1. The van der Waals surface area contributed by atoms with E-state index in [1.54, 1.807) is 12.1 Å². The summed E-state index contributed by atoms with van der Waals surface area (Å²) in [5.41, 5.74) is 2.85. The van der Waals surface area contributed by atoms with Crippen LogP contribution in [0.2, 0.25) is 5.02 Å². The molecular weight excluding hydrogens is 495 g/mol. The van der Waals surface area contributed by atoms with Gasteiger partial charge in [0.1, 0.15) is 0 Å². The molecule has 4 rings (SSSR count). The molecule has 1 saturated carbocycles. The minimum absolute atomic E-state index is 0. The van der Waals surface area contributed by atoms with Crippen LogP contribution in [0.4, 0.5) is 5.69 Å². The van der Waals surface area contributed by atoms with Gasteiger partial charge in [-0.3, -0.25) is 4.79 Å². The van der Waals surface area contributed by atoms with Gasteiger partial charge in [0.2, 0.25) is 23.4 Å². The van der Waals surface area contributed by atoms with Gasteiger partial charge in [-0.15, -0.1) is 0 Å². The standard InChI is InChI=1S/C25H29ClN4O5.Na/c1-13(2)10-20-28-25(30-34-20)24-22(15-5-6-15)23(29-35-24)16(7-9-21(32)33)12-19(31)27-18-8-4-14(3)11-17(18)26;/h4,8,11,13,15-16H,5-7,9-10,12H2,1-3H3,(H,27,31)(H,32,33);/q;+1/p-1/t16-;/m0./s1. The minimum Gasteiger partial charge on any atom is -0.550 e. The fraction of sp³-hybridized carbons (Fsp3) is 0.480. The predicted octanol–water partition coefficient (Wildman–Crippen LogP) is 1.41. The van der Waals surface area contributed by atoms with Crippen molar-refractivity contribution >= 4 is 29.2 Å². The van der Waals surface area contributed by atoms with Gasteiger partial charge in [0.15, 0.2) is 0 Å². The summed E-state index contributed by atoms with van der Waals surface area (Å²) in [7, 11) is 0. The molecular formula is C25H28ClN4NaO5. The SMILES string of the molecule is Cc1ccc(NC(=O)C[C@H](CCC(=O)[O-])c2noc(-c3noc(CC(C)C)n3)c2C2CC2)c(Cl)c1.[Na+].